The van der Waals surface area contributed by atoms with E-state index >= 15 is 0 Å². The normalized spacial score (nSPS) is 16.3. The van der Waals surface area contributed by atoms with Crippen molar-refractivity contribution in [3.05, 3.63) is 27.6 Å². The van der Waals surface area contributed by atoms with Crippen LogP contribution >= 0.6 is 11.3 Å². The summed E-state index contributed by atoms with van der Waals surface area (Å²) in [6, 6.07) is -0.0306. The molecule has 1 aliphatic carbocycles. The number of hydrogen-bond donors (Lipinski definition) is 1. The highest BCUT2D eigenvalue weighted by Gasteiger charge is 2.31. The van der Waals surface area contributed by atoms with Gasteiger partial charge >= 0.3 is 0 Å². The van der Waals surface area contributed by atoms with Gasteiger partial charge in [0, 0.05) is 17.6 Å². The summed E-state index contributed by atoms with van der Waals surface area (Å²) >= 11 is 1.30. The van der Waals surface area contributed by atoms with Gasteiger partial charge in [0.15, 0.2) is 9.86 Å². The highest BCUT2D eigenvalue weighted by atomic mass is 32.2. The van der Waals surface area contributed by atoms with Gasteiger partial charge in [-0.25, -0.2) is 18.1 Å². The van der Waals surface area contributed by atoms with E-state index in [1.54, 1.807) is 12.3 Å². The van der Waals surface area contributed by atoms with Crippen molar-refractivity contribution in [2.24, 2.45) is 0 Å². The summed E-state index contributed by atoms with van der Waals surface area (Å²) in [7, 11) is -3.77. The molecule has 18 heavy (non-hydrogen) atoms. The second kappa shape index (κ2) is 3.87. The molecule has 2 aromatic rings. The first-order valence-electron chi connectivity index (χ1n) is 5.48. The minimum Gasteiger partial charge on any atom is -0.267 e. The highest BCUT2D eigenvalue weighted by Crippen LogP contribution is 2.22. The summed E-state index contributed by atoms with van der Waals surface area (Å²) in [6.45, 7) is 1.54. The van der Waals surface area contributed by atoms with E-state index in [0.717, 1.165) is 12.8 Å². The number of thiazole rings is 1. The lowest BCUT2D eigenvalue weighted by molar-refractivity contribution is 0.578. The van der Waals surface area contributed by atoms with Crippen molar-refractivity contribution in [1.82, 2.24) is 14.1 Å². The Kier molecular flexibility index (Phi) is 2.54. The van der Waals surface area contributed by atoms with Gasteiger partial charge in [0.1, 0.15) is 0 Å². The summed E-state index contributed by atoms with van der Waals surface area (Å²) in [4.78, 5) is 16.6. The topological polar surface area (TPSA) is 80.5 Å². The minimum absolute atomic E-state index is 0.0306. The van der Waals surface area contributed by atoms with Crippen molar-refractivity contribution >= 4 is 26.3 Å². The molecule has 1 N–H and O–H groups in total. The Labute approximate surface area is 107 Å². The van der Waals surface area contributed by atoms with Crippen LogP contribution in [0.5, 0.6) is 0 Å². The van der Waals surface area contributed by atoms with E-state index in [-0.39, 0.29) is 16.6 Å². The standard InChI is InChI=1S/C10H11N3O3S2/c1-6-8(18(15,16)12-7-2-3-7)9(14)13-4-5-17-10(13)11-6/h4-5,7,12H,2-3H2,1H3. The fourth-order valence-corrected chi connectivity index (χ4v) is 4.06. The molecule has 0 radical (unpaired) electrons. The van der Waals surface area contributed by atoms with Crippen LogP contribution in [0.4, 0.5) is 0 Å². The average molecular weight is 285 g/mol. The Bertz CT molecular complexity index is 771. The van der Waals surface area contributed by atoms with Gasteiger partial charge in [-0.3, -0.25) is 9.20 Å². The van der Waals surface area contributed by atoms with Crippen molar-refractivity contribution in [2.45, 2.75) is 30.7 Å². The van der Waals surface area contributed by atoms with Gasteiger partial charge < -0.3 is 0 Å². The van der Waals surface area contributed by atoms with E-state index in [0.29, 0.717) is 4.96 Å². The van der Waals surface area contributed by atoms with Crippen LogP contribution in [0, 0.1) is 6.92 Å². The summed E-state index contributed by atoms with van der Waals surface area (Å²) in [6.07, 6.45) is 3.19. The third-order valence-electron chi connectivity index (χ3n) is 2.76. The third kappa shape index (κ3) is 1.86. The number of aromatic nitrogens is 2. The van der Waals surface area contributed by atoms with E-state index in [2.05, 4.69) is 9.71 Å². The number of nitrogens with one attached hydrogen (secondary N) is 1. The molecule has 1 saturated carbocycles. The first-order chi connectivity index (χ1) is 8.49. The van der Waals surface area contributed by atoms with Crippen molar-refractivity contribution in [2.75, 3.05) is 0 Å². The van der Waals surface area contributed by atoms with Gasteiger partial charge in [0.25, 0.3) is 5.56 Å². The molecule has 0 saturated heterocycles. The number of nitrogens with zero attached hydrogens (tertiary/aromatic N) is 2. The third-order valence-corrected chi connectivity index (χ3v) is 5.17. The predicted octanol–water partition coefficient (Wildman–Crippen LogP) is 0.505. The van der Waals surface area contributed by atoms with Gasteiger partial charge in [-0.1, -0.05) is 0 Å². The summed E-state index contributed by atoms with van der Waals surface area (Å²) in [5.41, 5.74) is -0.289. The Morgan fingerprint density at radius 2 is 2.22 bits per heavy atom. The second-order valence-corrected chi connectivity index (χ2v) is 6.81. The van der Waals surface area contributed by atoms with Gasteiger partial charge in [-0.05, 0) is 19.8 Å². The lowest BCUT2D eigenvalue weighted by Gasteiger charge is -2.07. The number of hydrogen-bond acceptors (Lipinski definition) is 5. The van der Waals surface area contributed by atoms with E-state index in [4.69, 9.17) is 0 Å². The van der Waals surface area contributed by atoms with Gasteiger partial charge in [-0.2, -0.15) is 0 Å². The molecule has 0 amide bonds. The summed E-state index contributed by atoms with van der Waals surface area (Å²) < 4.78 is 28.0. The quantitative estimate of drug-likeness (QED) is 0.890. The van der Waals surface area contributed by atoms with Crippen LogP contribution in [0.3, 0.4) is 0 Å². The molecule has 0 atom stereocenters. The minimum atomic E-state index is -3.77. The number of aryl methyl sites for hydroxylation is 1. The molecule has 0 aliphatic heterocycles. The molecule has 2 aromatic heterocycles. The zero-order valence-corrected chi connectivity index (χ0v) is 11.2. The zero-order valence-electron chi connectivity index (χ0n) is 9.58. The molecule has 0 aromatic carbocycles. The molecule has 0 spiro atoms. The molecule has 3 rings (SSSR count). The maximum absolute atomic E-state index is 12.2. The molecule has 2 heterocycles. The van der Waals surface area contributed by atoms with Gasteiger partial charge in [0.2, 0.25) is 10.0 Å². The average Bonchev–Trinajstić information content (AvgIpc) is 2.93. The maximum Gasteiger partial charge on any atom is 0.279 e. The van der Waals surface area contributed by atoms with E-state index < -0.39 is 15.6 Å². The van der Waals surface area contributed by atoms with E-state index in [1.165, 1.54) is 21.9 Å². The Balaban J connectivity index is 2.24. The fraction of sp³-hybridized carbons (Fsp3) is 0.400. The van der Waals surface area contributed by atoms with Crippen molar-refractivity contribution in [3.63, 3.8) is 0 Å². The number of sulfonamides is 1. The molecule has 1 fully saturated rings. The molecule has 0 unspecified atom stereocenters. The lowest BCUT2D eigenvalue weighted by atomic mass is 10.4. The maximum atomic E-state index is 12.2. The summed E-state index contributed by atoms with van der Waals surface area (Å²) in [5.74, 6) is 0. The Morgan fingerprint density at radius 3 is 2.89 bits per heavy atom. The Hall–Kier alpha value is -1.25. The fourth-order valence-electron chi connectivity index (χ4n) is 1.75. The monoisotopic (exact) mass is 285 g/mol. The molecular weight excluding hydrogens is 274 g/mol. The summed E-state index contributed by atoms with van der Waals surface area (Å²) in [5, 5.41) is 1.70. The molecule has 96 valence electrons. The van der Waals surface area contributed by atoms with Crippen LogP contribution < -0.4 is 10.3 Å². The predicted molar refractivity (Wildman–Crippen MR) is 67.4 cm³/mol. The number of fused-ring (bicyclic) bond motifs is 1. The van der Waals surface area contributed by atoms with Crippen molar-refractivity contribution in [1.29, 1.82) is 0 Å². The van der Waals surface area contributed by atoms with E-state index in [9.17, 15) is 13.2 Å². The molecular formula is C10H11N3O3S2. The largest absolute Gasteiger partial charge is 0.279 e. The van der Waals surface area contributed by atoms with E-state index in [1.807, 2.05) is 0 Å². The van der Waals surface area contributed by atoms with Crippen molar-refractivity contribution < 1.29 is 8.42 Å². The molecule has 1 aliphatic rings. The van der Waals surface area contributed by atoms with Crippen LogP contribution in [-0.2, 0) is 10.0 Å². The second-order valence-electron chi connectivity index (χ2n) is 4.28. The first-order valence-corrected chi connectivity index (χ1v) is 7.84. The van der Waals surface area contributed by atoms with Gasteiger partial charge in [0.05, 0.1) is 5.69 Å². The van der Waals surface area contributed by atoms with Crippen LogP contribution in [-0.4, -0.2) is 23.8 Å². The molecule has 6 nitrogen and oxygen atoms in total. The first kappa shape index (κ1) is 11.8. The van der Waals surface area contributed by atoms with Crippen LogP contribution in [0.1, 0.15) is 18.5 Å². The van der Waals surface area contributed by atoms with Crippen molar-refractivity contribution in [3.8, 4) is 0 Å². The highest BCUT2D eigenvalue weighted by molar-refractivity contribution is 7.89. The van der Waals surface area contributed by atoms with Crippen LogP contribution in [0.25, 0.3) is 4.96 Å². The zero-order chi connectivity index (χ0) is 12.9. The Morgan fingerprint density at radius 1 is 1.50 bits per heavy atom. The SMILES string of the molecule is Cc1nc2sccn2c(=O)c1S(=O)(=O)NC1CC1. The number of rotatable bonds is 3. The molecule has 8 heteroatoms. The van der Waals surface area contributed by atoms with Crippen LogP contribution in [0.15, 0.2) is 21.3 Å². The van der Waals surface area contributed by atoms with Crippen LogP contribution in [0.2, 0.25) is 0 Å². The molecule has 0 bridgehead atoms. The smallest absolute Gasteiger partial charge is 0.267 e. The van der Waals surface area contributed by atoms with Gasteiger partial charge in [-0.15, -0.1) is 11.3 Å². The lowest BCUT2D eigenvalue weighted by Crippen LogP contribution is -2.33.